The lowest BCUT2D eigenvalue weighted by Crippen LogP contribution is -2.06. The molecule has 0 saturated carbocycles. The maximum Gasteiger partial charge on any atom is 0.248 e. The van der Waals surface area contributed by atoms with E-state index in [1.807, 2.05) is 0 Å². The highest BCUT2D eigenvalue weighted by Gasteiger charge is 2.14. The zero-order valence-electron chi connectivity index (χ0n) is 13.4. The van der Waals surface area contributed by atoms with E-state index in [1.165, 1.54) is 23.3 Å². The fourth-order valence-electron chi connectivity index (χ4n) is 1.95. The van der Waals surface area contributed by atoms with Crippen LogP contribution in [0.4, 0.5) is 0 Å². The molecule has 0 bridgehead atoms. The first kappa shape index (κ1) is 10.1. The van der Waals surface area contributed by atoms with Crippen LogP contribution in [0.5, 0.6) is 5.75 Å². The van der Waals surface area contributed by atoms with Gasteiger partial charge in [0.15, 0.2) is 0 Å². The van der Waals surface area contributed by atoms with Crippen molar-refractivity contribution in [2.45, 2.75) is 0 Å². The number of benzene rings is 1. The van der Waals surface area contributed by atoms with E-state index in [2.05, 4.69) is 20.5 Å². The van der Waals surface area contributed by atoms with Gasteiger partial charge in [0.05, 0.1) is 16.8 Å². The van der Waals surface area contributed by atoms with Crippen molar-refractivity contribution >= 4 is 11.6 Å². The Hall–Kier alpha value is -2.67. The highest BCUT2D eigenvalue weighted by molar-refractivity contribution is 6.31. The molecule has 2 heterocycles. The lowest BCUT2D eigenvalue weighted by molar-refractivity contribution is 0.414. The number of tetrazole rings is 1. The van der Waals surface area contributed by atoms with Gasteiger partial charge in [-0.2, -0.15) is 4.68 Å². The molecule has 3 rings (SSSR count). The maximum atomic E-state index is 11.7. The topological polar surface area (TPSA) is 85.7 Å². The second-order valence-corrected chi connectivity index (χ2v) is 4.53. The van der Waals surface area contributed by atoms with Crippen LogP contribution in [0.15, 0.2) is 41.6 Å². The van der Waals surface area contributed by atoms with Crippen LogP contribution >= 0.6 is 11.6 Å². The number of aromatic nitrogens is 5. The summed E-state index contributed by atoms with van der Waals surface area (Å²) >= 11 is 6.05. The fourth-order valence-corrected chi connectivity index (χ4v) is 2.12. The molecule has 3 aromatic rings. The summed E-state index contributed by atoms with van der Waals surface area (Å²) in [5.74, 6) is -0.0220. The molecule has 0 spiro atoms. The van der Waals surface area contributed by atoms with Crippen molar-refractivity contribution in [3.8, 4) is 22.6 Å². The minimum absolute atomic E-state index is 0.0220. The summed E-state index contributed by atoms with van der Waals surface area (Å²) in [6.45, 7) is 0. The summed E-state index contributed by atoms with van der Waals surface area (Å²) in [5.41, 5.74) is 0.777. The number of halogens is 1. The molecule has 8 heteroatoms. The Morgan fingerprint density at radius 3 is 3.05 bits per heavy atom. The molecule has 7 nitrogen and oxygen atoms in total. The van der Waals surface area contributed by atoms with E-state index in [1.54, 1.807) is 18.2 Å². The Morgan fingerprint density at radius 2 is 2.29 bits per heavy atom. The van der Waals surface area contributed by atoms with Crippen LogP contribution in [0.3, 0.4) is 0 Å². The molecule has 21 heavy (non-hydrogen) atoms. The molecule has 1 N–H and O–H groups in total. The summed E-state index contributed by atoms with van der Waals surface area (Å²) in [6.07, 6.45) is 2.55. The summed E-state index contributed by atoms with van der Waals surface area (Å²) in [7, 11) is -2.68. The van der Waals surface area contributed by atoms with Gasteiger partial charge in [-0.25, -0.2) is 0 Å². The number of hydrogen-bond acceptors (Lipinski definition) is 5. The third kappa shape index (κ3) is 2.50. The molecule has 0 atom stereocenters. The molecular weight excluding hydrogens is 294 g/mol. The normalized spacial score (nSPS) is 13.3. The van der Waals surface area contributed by atoms with Gasteiger partial charge in [0.2, 0.25) is 5.56 Å². The van der Waals surface area contributed by atoms with Crippen molar-refractivity contribution in [2.24, 2.45) is 0 Å². The van der Waals surface area contributed by atoms with Gasteiger partial charge in [-0.3, -0.25) is 4.79 Å². The van der Waals surface area contributed by atoms with Crippen LogP contribution < -0.4 is 10.3 Å². The predicted molar refractivity (Wildman–Crippen MR) is 76.8 cm³/mol. The largest absolute Gasteiger partial charge is 0.495 e. The lowest BCUT2D eigenvalue weighted by atomic mass is 10.0. The van der Waals surface area contributed by atoms with Crippen LogP contribution in [0.1, 0.15) is 4.11 Å². The lowest BCUT2D eigenvalue weighted by Gasteiger charge is -2.12. The molecule has 0 aliphatic carbocycles. The Kier molecular flexibility index (Phi) is 2.59. The number of nitrogens with one attached hydrogen (secondary N) is 1. The van der Waals surface area contributed by atoms with Gasteiger partial charge in [-0.05, 0) is 28.6 Å². The summed E-state index contributed by atoms with van der Waals surface area (Å²) in [4.78, 5) is 14.1. The van der Waals surface area contributed by atoms with E-state index in [-0.39, 0.29) is 11.3 Å². The number of nitrogens with zero attached hydrogens (tertiary/aromatic N) is 4. The average Bonchev–Trinajstić information content (AvgIpc) is 3.02. The van der Waals surface area contributed by atoms with Crippen LogP contribution in [0, 0.1) is 0 Å². The Balaban J connectivity index is 2.24. The van der Waals surface area contributed by atoms with Gasteiger partial charge >= 0.3 is 0 Å². The number of aromatic amines is 1. The molecule has 106 valence electrons. The monoisotopic (exact) mass is 306 g/mol. The van der Waals surface area contributed by atoms with Crippen molar-refractivity contribution < 1.29 is 8.85 Å². The SMILES string of the molecule is [2H]C([2H])([2H])Oc1c[nH]c(=O)cc1-c1cc(Cl)ccc1-n1cnnn1. The van der Waals surface area contributed by atoms with Crippen molar-refractivity contribution in [1.29, 1.82) is 0 Å². The highest BCUT2D eigenvalue weighted by Crippen LogP contribution is 2.34. The average molecular weight is 307 g/mol. The molecule has 0 saturated heterocycles. The van der Waals surface area contributed by atoms with Crippen molar-refractivity contribution in [2.75, 3.05) is 7.04 Å². The predicted octanol–water partition coefficient (Wildman–Crippen LogP) is 1.68. The van der Waals surface area contributed by atoms with Crippen LogP contribution in [-0.4, -0.2) is 32.2 Å². The summed E-state index contributed by atoms with van der Waals surface area (Å²) in [5, 5.41) is 11.3. The van der Waals surface area contributed by atoms with E-state index in [4.69, 9.17) is 20.5 Å². The number of methoxy groups -OCH3 is 1. The molecule has 0 aliphatic heterocycles. The third-order valence-electron chi connectivity index (χ3n) is 2.84. The molecule has 0 amide bonds. The molecule has 0 aliphatic rings. The minimum Gasteiger partial charge on any atom is -0.495 e. The zero-order chi connectivity index (χ0) is 17.3. The number of hydrogen-bond donors (Lipinski definition) is 1. The Labute approximate surface area is 128 Å². The van der Waals surface area contributed by atoms with E-state index in [9.17, 15) is 4.79 Å². The van der Waals surface area contributed by atoms with Crippen molar-refractivity contribution in [1.82, 2.24) is 25.2 Å². The van der Waals surface area contributed by atoms with Gasteiger partial charge in [-0.1, -0.05) is 11.6 Å². The Bertz CT molecular complexity index is 924. The van der Waals surface area contributed by atoms with Gasteiger partial charge < -0.3 is 9.72 Å². The number of pyridine rings is 1. The Morgan fingerprint density at radius 1 is 1.38 bits per heavy atom. The van der Waals surface area contributed by atoms with Crippen LogP contribution in [0.25, 0.3) is 16.8 Å². The fraction of sp³-hybridized carbons (Fsp3) is 0.0769. The summed E-state index contributed by atoms with van der Waals surface area (Å²) in [6, 6.07) is 6.06. The second-order valence-electron chi connectivity index (χ2n) is 4.09. The zero-order valence-corrected chi connectivity index (χ0v) is 11.2. The molecule has 1 aromatic carbocycles. The standard InChI is InChI=1S/C13H10ClN5O2/c1-21-12-6-15-13(20)5-10(12)9-4-8(14)2-3-11(9)19-7-16-17-18-19/h2-7H,1H3,(H,15,20)/i1D3. The smallest absolute Gasteiger partial charge is 0.248 e. The van der Waals surface area contributed by atoms with Gasteiger partial charge in [0.1, 0.15) is 12.1 Å². The molecule has 2 aromatic heterocycles. The summed E-state index contributed by atoms with van der Waals surface area (Å²) < 4.78 is 28.2. The minimum atomic E-state index is -2.68. The number of ether oxygens (including phenoxy) is 1. The van der Waals surface area contributed by atoms with Gasteiger partial charge in [0.25, 0.3) is 0 Å². The molecule has 0 fully saturated rings. The van der Waals surface area contributed by atoms with Gasteiger partial charge in [0, 0.05) is 28.4 Å². The quantitative estimate of drug-likeness (QED) is 0.795. The molecule has 0 radical (unpaired) electrons. The van der Waals surface area contributed by atoms with E-state index in [0.717, 1.165) is 0 Å². The van der Waals surface area contributed by atoms with E-state index in [0.29, 0.717) is 16.3 Å². The van der Waals surface area contributed by atoms with Crippen molar-refractivity contribution in [3.05, 3.63) is 52.2 Å². The van der Waals surface area contributed by atoms with E-state index >= 15 is 0 Å². The molecular formula is C13H10ClN5O2. The number of rotatable bonds is 3. The highest BCUT2D eigenvalue weighted by atomic mass is 35.5. The van der Waals surface area contributed by atoms with Crippen LogP contribution in [0.2, 0.25) is 5.02 Å². The van der Waals surface area contributed by atoms with Crippen molar-refractivity contribution in [3.63, 3.8) is 0 Å². The first-order chi connectivity index (χ1) is 11.3. The maximum absolute atomic E-state index is 11.7. The second kappa shape index (κ2) is 5.37. The van der Waals surface area contributed by atoms with Crippen LogP contribution in [-0.2, 0) is 0 Å². The third-order valence-corrected chi connectivity index (χ3v) is 3.08. The number of H-pyrrole nitrogens is 1. The first-order valence-corrected chi connectivity index (χ1v) is 6.16. The molecule has 0 unspecified atom stereocenters. The van der Waals surface area contributed by atoms with E-state index < -0.39 is 12.6 Å². The first-order valence-electron chi connectivity index (χ1n) is 7.28. The van der Waals surface area contributed by atoms with Gasteiger partial charge in [-0.15, -0.1) is 5.10 Å².